The second-order valence-corrected chi connectivity index (χ2v) is 7.54. The largest absolute Gasteiger partial charge is 0.378 e. The lowest BCUT2D eigenvalue weighted by atomic mass is 10.3. The summed E-state index contributed by atoms with van der Waals surface area (Å²) in [5, 5.41) is 8.57. The van der Waals surface area contributed by atoms with Gasteiger partial charge < -0.3 is 14.5 Å². The third-order valence-corrected chi connectivity index (χ3v) is 6.04. The highest BCUT2D eigenvalue weighted by atomic mass is 32.2. The van der Waals surface area contributed by atoms with E-state index in [2.05, 4.69) is 0 Å². The summed E-state index contributed by atoms with van der Waals surface area (Å²) >= 11 is 0. The number of piperazine rings is 1. The Morgan fingerprint density at radius 3 is 2.26 bits per heavy atom. The normalized spacial score (nSPS) is 20.6. The molecule has 23 heavy (non-hydrogen) atoms. The second kappa shape index (κ2) is 7.92. The summed E-state index contributed by atoms with van der Waals surface area (Å²) in [6, 6.07) is 1.89. The van der Waals surface area contributed by atoms with E-state index in [1.807, 2.05) is 6.07 Å². The van der Waals surface area contributed by atoms with Gasteiger partial charge in [0.1, 0.15) is 0 Å². The third kappa shape index (κ3) is 4.32. The van der Waals surface area contributed by atoms with Gasteiger partial charge in [-0.2, -0.15) is 22.3 Å². The monoisotopic (exact) mass is 345 g/mol. The molecule has 2 amide bonds. The molecule has 0 bridgehead atoms. The molecule has 2 saturated heterocycles. The van der Waals surface area contributed by atoms with Crippen molar-refractivity contribution in [3.63, 3.8) is 0 Å². The molecule has 0 spiro atoms. The highest BCUT2D eigenvalue weighted by Gasteiger charge is 2.33. The van der Waals surface area contributed by atoms with Crippen LogP contribution < -0.4 is 0 Å². The molecule has 130 valence electrons. The van der Waals surface area contributed by atoms with Crippen LogP contribution in [0.15, 0.2) is 0 Å². The van der Waals surface area contributed by atoms with Crippen molar-refractivity contribution in [2.45, 2.75) is 6.42 Å². The Balaban J connectivity index is 1.87. The molecular weight excluding hydrogens is 322 g/mol. The minimum Gasteiger partial charge on any atom is -0.378 e. The highest BCUT2D eigenvalue weighted by molar-refractivity contribution is 7.86. The summed E-state index contributed by atoms with van der Waals surface area (Å²) in [6.07, 6.45) is 0.158. The van der Waals surface area contributed by atoms with Crippen molar-refractivity contribution in [1.82, 2.24) is 18.4 Å². The topological polar surface area (TPSA) is 97.2 Å². The summed E-state index contributed by atoms with van der Waals surface area (Å²) in [6.45, 7) is 3.72. The van der Waals surface area contributed by atoms with Crippen molar-refractivity contribution in [2.75, 3.05) is 66.1 Å². The number of nitriles is 1. The first kappa shape index (κ1) is 17.9. The Morgan fingerprint density at radius 1 is 1.13 bits per heavy atom. The van der Waals surface area contributed by atoms with E-state index in [0.717, 1.165) is 0 Å². The van der Waals surface area contributed by atoms with Crippen LogP contribution in [0.1, 0.15) is 6.42 Å². The minimum absolute atomic E-state index is 0.0526. The molecule has 2 aliphatic rings. The van der Waals surface area contributed by atoms with Gasteiger partial charge in [-0.05, 0) is 0 Å². The molecule has 0 aromatic rings. The van der Waals surface area contributed by atoms with Crippen LogP contribution in [0.2, 0.25) is 0 Å². The summed E-state index contributed by atoms with van der Waals surface area (Å²) in [5.74, 6) is 0. The van der Waals surface area contributed by atoms with E-state index in [4.69, 9.17) is 10.00 Å². The lowest BCUT2D eigenvalue weighted by molar-refractivity contribution is 0.0404. The Labute approximate surface area is 137 Å². The van der Waals surface area contributed by atoms with Crippen molar-refractivity contribution in [1.29, 1.82) is 5.26 Å². The molecule has 0 aromatic carbocycles. The number of ether oxygens (including phenoxy) is 1. The number of hydrogen-bond donors (Lipinski definition) is 0. The standard InChI is InChI=1S/C13H23N5O4S/c1-15(4-2-3-14)23(20,21)18-7-5-16(6-8-18)13(19)17-9-11-22-12-10-17/h2,4-12H2,1H3. The third-order valence-electron chi connectivity index (χ3n) is 4.05. The fourth-order valence-corrected chi connectivity index (χ4v) is 3.93. The molecule has 0 unspecified atom stereocenters. The number of carbonyl (C=O) groups excluding carboxylic acids is 1. The molecule has 0 radical (unpaired) electrons. The first-order valence-electron chi connectivity index (χ1n) is 7.67. The van der Waals surface area contributed by atoms with Crippen LogP contribution in [0.25, 0.3) is 0 Å². The molecule has 0 aromatic heterocycles. The van der Waals surface area contributed by atoms with E-state index in [-0.39, 0.29) is 32.1 Å². The van der Waals surface area contributed by atoms with Crippen LogP contribution in [-0.4, -0.2) is 98.9 Å². The maximum atomic E-state index is 12.4. The van der Waals surface area contributed by atoms with Crippen molar-refractivity contribution in [2.24, 2.45) is 0 Å². The number of hydrogen-bond acceptors (Lipinski definition) is 5. The van der Waals surface area contributed by atoms with Crippen molar-refractivity contribution >= 4 is 16.2 Å². The number of amides is 2. The zero-order chi connectivity index (χ0) is 16.9. The SMILES string of the molecule is CN(CCC#N)S(=O)(=O)N1CCN(C(=O)N2CCOCC2)CC1. The van der Waals surface area contributed by atoms with E-state index >= 15 is 0 Å². The van der Waals surface area contributed by atoms with Crippen LogP contribution in [-0.2, 0) is 14.9 Å². The Bertz CT molecular complexity index is 547. The van der Waals surface area contributed by atoms with Crippen LogP contribution in [0.4, 0.5) is 4.79 Å². The lowest BCUT2D eigenvalue weighted by Gasteiger charge is -2.38. The van der Waals surface area contributed by atoms with Crippen LogP contribution in [0.5, 0.6) is 0 Å². The van der Waals surface area contributed by atoms with Crippen LogP contribution in [0, 0.1) is 11.3 Å². The van der Waals surface area contributed by atoms with Gasteiger partial charge in [-0.25, -0.2) is 4.79 Å². The number of carbonyl (C=O) groups is 1. The molecule has 9 nitrogen and oxygen atoms in total. The minimum atomic E-state index is -3.56. The fraction of sp³-hybridized carbons (Fsp3) is 0.846. The van der Waals surface area contributed by atoms with Gasteiger partial charge in [0, 0.05) is 59.3 Å². The first-order chi connectivity index (χ1) is 11.0. The van der Waals surface area contributed by atoms with E-state index in [0.29, 0.717) is 39.4 Å². The molecule has 2 aliphatic heterocycles. The van der Waals surface area contributed by atoms with Crippen molar-refractivity contribution < 1.29 is 17.9 Å². The van der Waals surface area contributed by atoms with Gasteiger partial charge in [0.25, 0.3) is 10.2 Å². The number of nitrogens with zero attached hydrogens (tertiary/aromatic N) is 5. The maximum absolute atomic E-state index is 12.4. The smallest absolute Gasteiger partial charge is 0.320 e. The van der Waals surface area contributed by atoms with Gasteiger partial charge in [0.2, 0.25) is 0 Å². The average Bonchev–Trinajstić information content (AvgIpc) is 2.59. The first-order valence-corrected chi connectivity index (χ1v) is 9.06. The summed E-state index contributed by atoms with van der Waals surface area (Å²) < 4.78 is 32.6. The van der Waals surface area contributed by atoms with Gasteiger partial charge in [-0.15, -0.1) is 0 Å². The molecule has 2 rings (SSSR count). The Hall–Kier alpha value is -1.41. The van der Waals surface area contributed by atoms with Gasteiger partial charge >= 0.3 is 6.03 Å². The van der Waals surface area contributed by atoms with E-state index in [1.165, 1.54) is 15.7 Å². The molecule has 0 aliphatic carbocycles. The van der Waals surface area contributed by atoms with Gasteiger partial charge in [0.05, 0.1) is 19.3 Å². The number of urea groups is 1. The summed E-state index contributed by atoms with van der Waals surface area (Å²) in [4.78, 5) is 15.8. The lowest BCUT2D eigenvalue weighted by Crippen LogP contribution is -2.57. The average molecular weight is 345 g/mol. The van der Waals surface area contributed by atoms with Gasteiger partial charge in [-0.1, -0.05) is 0 Å². The molecule has 2 fully saturated rings. The molecule has 0 atom stereocenters. The number of morpholine rings is 1. The summed E-state index contributed by atoms with van der Waals surface area (Å²) in [5.41, 5.74) is 0. The zero-order valence-corrected chi connectivity index (χ0v) is 14.2. The van der Waals surface area contributed by atoms with Gasteiger partial charge in [0.15, 0.2) is 0 Å². The maximum Gasteiger partial charge on any atom is 0.320 e. The van der Waals surface area contributed by atoms with E-state index in [9.17, 15) is 13.2 Å². The van der Waals surface area contributed by atoms with Crippen molar-refractivity contribution in [3.8, 4) is 6.07 Å². The predicted molar refractivity (Wildman–Crippen MR) is 82.7 cm³/mol. The molecule has 10 heteroatoms. The van der Waals surface area contributed by atoms with E-state index < -0.39 is 10.2 Å². The molecular formula is C13H23N5O4S. The zero-order valence-electron chi connectivity index (χ0n) is 13.3. The molecule has 2 heterocycles. The fourth-order valence-electron chi connectivity index (χ4n) is 2.58. The quantitative estimate of drug-likeness (QED) is 0.661. The van der Waals surface area contributed by atoms with Crippen LogP contribution >= 0.6 is 0 Å². The van der Waals surface area contributed by atoms with Crippen molar-refractivity contribution in [3.05, 3.63) is 0 Å². The summed E-state index contributed by atoms with van der Waals surface area (Å²) in [7, 11) is -2.09. The Kier molecular flexibility index (Phi) is 6.17. The highest BCUT2D eigenvalue weighted by Crippen LogP contribution is 2.13. The Morgan fingerprint density at radius 2 is 1.70 bits per heavy atom. The predicted octanol–water partition coefficient (Wildman–Crippen LogP) is -0.854. The molecule has 0 saturated carbocycles. The van der Waals surface area contributed by atoms with Gasteiger partial charge in [-0.3, -0.25) is 0 Å². The van der Waals surface area contributed by atoms with E-state index in [1.54, 1.807) is 9.80 Å². The molecule has 0 N–H and O–H groups in total. The number of rotatable bonds is 4. The second-order valence-electron chi connectivity index (χ2n) is 5.51. The van der Waals surface area contributed by atoms with Crippen LogP contribution in [0.3, 0.4) is 0 Å².